The average molecular weight is 557 g/mol. The smallest absolute Gasteiger partial charge is 0.339 e. The van der Waals surface area contributed by atoms with Gasteiger partial charge in [0.25, 0.3) is 0 Å². The molecule has 2 aromatic rings. The van der Waals surface area contributed by atoms with Crippen LogP contribution in [0, 0.1) is 0 Å². The maximum Gasteiger partial charge on any atom is 0.339 e. The zero-order valence-corrected chi connectivity index (χ0v) is 24.7. The van der Waals surface area contributed by atoms with E-state index in [2.05, 4.69) is 6.92 Å². The van der Waals surface area contributed by atoms with Gasteiger partial charge in [0, 0.05) is 12.5 Å². The highest BCUT2D eigenvalue weighted by molar-refractivity contribution is 5.91. The van der Waals surface area contributed by atoms with Crippen molar-refractivity contribution in [3.8, 4) is 23.0 Å². The number of unbranched alkanes of at least 4 members (excludes halogenated alkanes) is 15. The van der Waals surface area contributed by atoms with Crippen molar-refractivity contribution >= 4 is 5.97 Å². The van der Waals surface area contributed by atoms with Gasteiger partial charge in [-0.25, -0.2) is 4.79 Å². The van der Waals surface area contributed by atoms with Crippen molar-refractivity contribution in [1.82, 2.24) is 0 Å². The van der Waals surface area contributed by atoms with Crippen LogP contribution in [0.3, 0.4) is 0 Å². The number of phenolic OH excluding ortho intramolecular Hbond substituents is 1. The summed E-state index contributed by atoms with van der Waals surface area (Å²) in [6.45, 7) is 3.63. The second kappa shape index (κ2) is 21.9. The van der Waals surface area contributed by atoms with Crippen molar-refractivity contribution < 1.29 is 29.2 Å². The van der Waals surface area contributed by atoms with E-state index in [1.54, 1.807) is 36.4 Å². The van der Waals surface area contributed by atoms with Crippen LogP contribution in [0.4, 0.5) is 0 Å². The van der Waals surface area contributed by atoms with Crippen LogP contribution >= 0.6 is 0 Å². The molecule has 2 N–H and O–H groups in total. The summed E-state index contributed by atoms with van der Waals surface area (Å²) in [5.74, 6) is 0.755. The minimum atomic E-state index is -1.03. The standard InChI is InChI=1S/C34H52O6/c1-2-3-4-5-6-7-8-9-10-11-12-13-14-15-16-17-25-39-31-23-24-32(34(36)37)33(28-31)40-27-18-26-38-30-21-19-29(35)20-22-30/h19-24,28,35H,2-18,25-27H2,1H3,(H,36,37). The molecule has 2 aromatic carbocycles. The van der Waals surface area contributed by atoms with Gasteiger partial charge in [0.2, 0.25) is 0 Å². The summed E-state index contributed by atoms with van der Waals surface area (Å²) in [4.78, 5) is 11.6. The molecule has 0 atom stereocenters. The molecule has 0 aliphatic rings. The van der Waals surface area contributed by atoms with Crippen LogP contribution in [0.15, 0.2) is 42.5 Å². The lowest BCUT2D eigenvalue weighted by Gasteiger charge is -2.12. The summed E-state index contributed by atoms with van der Waals surface area (Å²) in [6, 6.07) is 11.4. The molecule has 0 fully saturated rings. The zero-order chi connectivity index (χ0) is 28.7. The van der Waals surface area contributed by atoms with Crippen molar-refractivity contribution in [1.29, 1.82) is 0 Å². The molecule has 0 amide bonds. The molecular formula is C34H52O6. The molecule has 40 heavy (non-hydrogen) atoms. The molecule has 0 unspecified atom stereocenters. The second-order valence-corrected chi connectivity index (χ2v) is 10.7. The number of carboxylic acids is 1. The molecule has 6 heteroatoms. The van der Waals surface area contributed by atoms with Gasteiger partial charge in [-0.2, -0.15) is 0 Å². The van der Waals surface area contributed by atoms with Crippen molar-refractivity contribution in [2.45, 2.75) is 116 Å². The monoisotopic (exact) mass is 556 g/mol. The Labute approximate surface area is 242 Å². The summed E-state index contributed by atoms with van der Waals surface area (Å²) < 4.78 is 17.2. The van der Waals surface area contributed by atoms with E-state index >= 15 is 0 Å². The molecular weight excluding hydrogens is 504 g/mol. The van der Waals surface area contributed by atoms with E-state index in [0.29, 0.717) is 43.5 Å². The van der Waals surface area contributed by atoms with Gasteiger partial charge in [0.15, 0.2) is 0 Å². The number of ether oxygens (including phenoxy) is 3. The number of benzene rings is 2. The third-order valence-corrected chi connectivity index (χ3v) is 7.10. The fourth-order valence-corrected chi connectivity index (χ4v) is 4.70. The molecule has 6 nitrogen and oxygen atoms in total. The SMILES string of the molecule is CCCCCCCCCCCCCCCCCCOc1ccc(C(=O)O)c(OCCCOc2ccc(O)cc2)c1. The quantitative estimate of drug-likeness (QED) is 0.118. The van der Waals surface area contributed by atoms with Crippen molar-refractivity contribution in [2.75, 3.05) is 19.8 Å². The van der Waals surface area contributed by atoms with Crippen molar-refractivity contribution in [3.05, 3.63) is 48.0 Å². The molecule has 0 heterocycles. The first-order valence-electron chi connectivity index (χ1n) is 15.6. The Hall–Kier alpha value is -2.89. The summed E-state index contributed by atoms with van der Waals surface area (Å²) in [5, 5.41) is 18.8. The zero-order valence-electron chi connectivity index (χ0n) is 24.7. The third-order valence-electron chi connectivity index (χ3n) is 7.10. The van der Waals surface area contributed by atoms with Crippen LogP contribution in [-0.4, -0.2) is 36.0 Å². The number of carbonyl (C=O) groups is 1. The van der Waals surface area contributed by atoms with Crippen molar-refractivity contribution in [3.63, 3.8) is 0 Å². The van der Waals surface area contributed by atoms with Gasteiger partial charge in [0.05, 0.1) is 19.8 Å². The first-order valence-corrected chi connectivity index (χ1v) is 15.6. The van der Waals surface area contributed by atoms with E-state index in [-0.39, 0.29) is 11.3 Å². The average Bonchev–Trinajstić information content (AvgIpc) is 2.95. The molecule has 224 valence electrons. The number of carboxylic acid groups (broad SMARTS) is 1. The Morgan fingerprint density at radius 1 is 0.575 bits per heavy atom. The van der Waals surface area contributed by atoms with Crippen LogP contribution in [0.5, 0.6) is 23.0 Å². The first kappa shape index (κ1) is 33.3. The largest absolute Gasteiger partial charge is 0.508 e. The number of aromatic carboxylic acids is 1. The lowest BCUT2D eigenvalue weighted by Crippen LogP contribution is -2.08. The predicted molar refractivity (Wildman–Crippen MR) is 162 cm³/mol. The van der Waals surface area contributed by atoms with Crippen LogP contribution in [0.2, 0.25) is 0 Å². The maximum atomic E-state index is 11.6. The minimum absolute atomic E-state index is 0.120. The number of hydrogen-bond acceptors (Lipinski definition) is 5. The van der Waals surface area contributed by atoms with Crippen LogP contribution in [0.1, 0.15) is 126 Å². The molecule has 0 aromatic heterocycles. The van der Waals surface area contributed by atoms with Gasteiger partial charge in [0.1, 0.15) is 28.6 Å². The van der Waals surface area contributed by atoms with Gasteiger partial charge in [-0.3, -0.25) is 0 Å². The van der Waals surface area contributed by atoms with E-state index in [4.69, 9.17) is 14.2 Å². The van der Waals surface area contributed by atoms with Crippen LogP contribution in [0.25, 0.3) is 0 Å². The first-order chi connectivity index (χ1) is 19.6. The van der Waals surface area contributed by atoms with E-state index < -0.39 is 5.97 Å². The Morgan fingerprint density at radius 2 is 1.02 bits per heavy atom. The summed E-state index contributed by atoms with van der Waals surface area (Å²) in [6.07, 6.45) is 21.9. The Balaban J connectivity index is 1.50. The number of rotatable bonds is 25. The molecule has 0 saturated heterocycles. The minimum Gasteiger partial charge on any atom is -0.508 e. The van der Waals surface area contributed by atoms with E-state index in [1.807, 2.05) is 0 Å². The summed E-state index contributed by atoms with van der Waals surface area (Å²) in [5.41, 5.74) is 0.120. The molecule has 0 aliphatic carbocycles. The highest BCUT2D eigenvalue weighted by atomic mass is 16.5. The lowest BCUT2D eigenvalue weighted by atomic mass is 10.0. The highest BCUT2D eigenvalue weighted by Crippen LogP contribution is 2.26. The number of phenols is 1. The molecule has 0 radical (unpaired) electrons. The molecule has 2 rings (SSSR count). The van der Waals surface area contributed by atoms with Gasteiger partial charge >= 0.3 is 5.97 Å². The van der Waals surface area contributed by atoms with E-state index in [0.717, 1.165) is 12.8 Å². The topological polar surface area (TPSA) is 85.2 Å². The van der Waals surface area contributed by atoms with Crippen LogP contribution in [-0.2, 0) is 0 Å². The van der Waals surface area contributed by atoms with Gasteiger partial charge in [-0.1, -0.05) is 103 Å². The van der Waals surface area contributed by atoms with Gasteiger partial charge < -0.3 is 24.4 Å². The highest BCUT2D eigenvalue weighted by Gasteiger charge is 2.13. The fraction of sp³-hybridized carbons (Fsp3) is 0.618. The molecule has 0 aliphatic heterocycles. The van der Waals surface area contributed by atoms with E-state index in [1.165, 1.54) is 96.0 Å². The van der Waals surface area contributed by atoms with E-state index in [9.17, 15) is 15.0 Å². The number of aromatic hydroxyl groups is 1. The lowest BCUT2D eigenvalue weighted by molar-refractivity contribution is 0.0692. The predicted octanol–water partition coefficient (Wildman–Crippen LogP) is 9.58. The molecule has 0 spiro atoms. The maximum absolute atomic E-state index is 11.6. The Bertz CT molecular complexity index is 911. The number of hydrogen-bond donors (Lipinski definition) is 2. The fourth-order valence-electron chi connectivity index (χ4n) is 4.70. The summed E-state index contributed by atoms with van der Waals surface area (Å²) in [7, 11) is 0. The van der Waals surface area contributed by atoms with Crippen molar-refractivity contribution in [2.24, 2.45) is 0 Å². The van der Waals surface area contributed by atoms with Gasteiger partial charge in [-0.15, -0.1) is 0 Å². The van der Waals surface area contributed by atoms with Crippen LogP contribution < -0.4 is 14.2 Å². The molecule has 0 saturated carbocycles. The third kappa shape index (κ3) is 15.6. The Morgan fingerprint density at radius 3 is 1.57 bits per heavy atom. The summed E-state index contributed by atoms with van der Waals surface area (Å²) >= 11 is 0. The second-order valence-electron chi connectivity index (χ2n) is 10.7. The Kier molecular flexibility index (Phi) is 18.2. The molecule has 0 bridgehead atoms. The van der Waals surface area contributed by atoms with Gasteiger partial charge in [-0.05, 0) is 42.8 Å². The normalized spacial score (nSPS) is 10.9.